The number of ether oxygens (including phenoxy) is 1. The van der Waals surface area contributed by atoms with Gasteiger partial charge in [-0.1, -0.05) is 83.1 Å². The van der Waals surface area contributed by atoms with Crippen LogP contribution in [0.2, 0.25) is 0 Å². The smallest absolute Gasteiger partial charge is 0.407 e. The van der Waals surface area contributed by atoms with E-state index < -0.39 is 17.7 Å². The second-order valence-corrected chi connectivity index (χ2v) is 13.1. The molecular formula is C36H51N5O5. The van der Waals surface area contributed by atoms with Crippen LogP contribution >= 0.6 is 0 Å². The van der Waals surface area contributed by atoms with Crippen molar-refractivity contribution >= 4 is 29.6 Å². The Morgan fingerprint density at radius 2 is 1.61 bits per heavy atom. The number of anilines is 1. The van der Waals surface area contributed by atoms with Crippen LogP contribution in [0.4, 0.5) is 15.3 Å². The minimum atomic E-state index is -0.955. The molecule has 46 heavy (non-hydrogen) atoms. The van der Waals surface area contributed by atoms with Crippen molar-refractivity contribution in [1.29, 1.82) is 0 Å². The third-order valence-electron chi connectivity index (χ3n) is 9.14. The van der Waals surface area contributed by atoms with Gasteiger partial charge in [0.05, 0.1) is 0 Å². The van der Waals surface area contributed by atoms with Gasteiger partial charge in [-0.3, -0.25) is 9.59 Å². The molecule has 1 atom stereocenters. The number of benzene rings is 2. The van der Waals surface area contributed by atoms with Gasteiger partial charge < -0.3 is 30.5 Å². The van der Waals surface area contributed by atoms with Gasteiger partial charge in [0.2, 0.25) is 11.8 Å². The van der Waals surface area contributed by atoms with E-state index in [0.717, 1.165) is 28.8 Å². The van der Waals surface area contributed by atoms with Crippen LogP contribution in [0.1, 0.15) is 102 Å². The molecule has 10 nitrogen and oxygen atoms in total. The number of alkyl carbamates (subject to hydrolysis) is 1. The number of hydrogen-bond acceptors (Lipinski definition) is 5. The molecule has 5 amide bonds. The first-order chi connectivity index (χ1) is 22.1. The highest BCUT2D eigenvalue weighted by atomic mass is 16.5. The highest BCUT2D eigenvalue weighted by Crippen LogP contribution is 2.36. The van der Waals surface area contributed by atoms with Crippen molar-refractivity contribution in [3.05, 3.63) is 65.2 Å². The van der Waals surface area contributed by atoms with Crippen LogP contribution in [0.15, 0.2) is 48.5 Å². The number of para-hydroxylation sites is 1. The Kier molecular flexibility index (Phi) is 12.1. The van der Waals surface area contributed by atoms with Crippen molar-refractivity contribution in [3.63, 3.8) is 0 Å². The molecule has 10 heteroatoms. The Hall–Kier alpha value is -4.08. The van der Waals surface area contributed by atoms with Crippen LogP contribution in [0.3, 0.4) is 0 Å². The van der Waals surface area contributed by atoms with Gasteiger partial charge in [0.15, 0.2) is 0 Å². The molecule has 2 aromatic rings. The van der Waals surface area contributed by atoms with E-state index in [1.165, 1.54) is 0 Å². The summed E-state index contributed by atoms with van der Waals surface area (Å²) < 4.78 is 5.25. The zero-order chi connectivity index (χ0) is 33.3. The summed E-state index contributed by atoms with van der Waals surface area (Å²) >= 11 is 0. The third-order valence-corrected chi connectivity index (χ3v) is 9.14. The maximum absolute atomic E-state index is 13.7. The fraction of sp³-hybridized carbons (Fsp3) is 0.556. The Labute approximate surface area is 273 Å². The van der Waals surface area contributed by atoms with Crippen molar-refractivity contribution in [1.82, 2.24) is 20.4 Å². The highest BCUT2D eigenvalue weighted by Gasteiger charge is 2.53. The average Bonchev–Trinajstić information content (AvgIpc) is 3.05. The molecule has 3 N–H and O–H groups in total. The molecule has 1 spiro atoms. The minimum absolute atomic E-state index is 0.0676. The number of likely N-dealkylation sites (tertiary alicyclic amines) is 1. The molecular weight excluding hydrogens is 582 g/mol. The first kappa shape index (κ1) is 34.8. The summed E-state index contributed by atoms with van der Waals surface area (Å²) in [5.74, 6) is 0.301. The number of urea groups is 1. The maximum atomic E-state index is 13.7. The molecule has 2 aliphatic heterocycles. The first-order valence-electron chi connectivity index (χ1n) is 16.8. The molecule has 0 aliphatic carbocycles. The number of rotatable bonds is 12. The van der Waals surface area contributed by atoms with Crippen molar-refractivity contribution in [2.75, 3.05) is 31.5 Å². The van der Waals surface area contributed by atoms with E-state index in [1.807, 2.05) is 43.3 Å². The van der Waals surface area contributed by atoms with E-state index in [2.05, 4.69) is 55.8 Å². The van der Waals surface area contributed by atoms with Gasteiger partial charge in [0.25, 0.3) is 0 Å². The normalized spacial score (nSPS) is 17.8. The van der Waals surface area contributed by atoms with Crippen LogP contribution in [-0.4, -0.2) is 71.5 Å². The largest absolute Gasteiger partial charge is 0.445 e. The SMILES string of the molecule is CCCN1C(=O)[C@H](CCCCNC(=O)OCc2ccccc2)NC(=O)C12CCN(C(=O)Nc1c(C(C)C)cccc1C(C)C)CC2. The number of carbonyl (C=O) groups excluding carboxylic acids is 4. The van der Waals surface area contributed by atoms with Crippen LogP contribution in [-0.2, 0) is 20.9 Å². The predicted molar refractivity (Wildman–Crippen MR) is 180 cm³/mol. The van der Waals surface area contributed by atoms with Crippen molar-refractivity contribution < 1.29 is 23.9 Å². The Morgan fingerprint density at radius 1 is 0.957 bits per heavy atom. The minimum Gasteiger partial charge on any atom is -0.445 e. The first-order valence-corrected chi connectivity index (χ1v) is 16.8. The van der Waals surface area contributed by atoms with Crippen molar-refractivity contribution in [2.24, 2.45) is 0 Å². The number of nitrogens with one attached hydrogen (secondary N) is 3. The number of unbranched alkanes of at least 4 members (excludes halogenated alkanes) is 1. The van der Waals surface area contributed by atoms with Crippen LogP contribution in [0, 0.1) is 0 Å². The fourth-order valence-electron chi connectivity index (χ4n) is 6.52. The number of nitrogens with zero attached hydrogens (tertiary/aromatic N) is 2. The monoisotopic (exact) mass is 633 g/mol. The maximum Gasteiger partial charge on any atom is 0.407 e. The van der Waals surface area contributed by atoms with Gasteiger partial charge in [-0.25, -0.2) is 9.59 Å². The van der Waals surface area contributed by atoms with E-state index in [0.29, 0.717) is 58.3 Å². The summed E-state index contributed by atoms with van der Waals surface area (Å²) in [6.45, 7) is 12.4. The standard InChI is InChI=1S/C36H51N5O5/c1-6-21-41-32(42)30(17-10-11-20-37-35(45)46-24-27-13-8-7-9-14-27)38-33(43)36(41)18-22-40(23-19-36)34(44)39-31-28(25(2)3)15-12-16-29(31)26(4)5/h7-9,12-16,25-26,30H,6,10-11,17-24H2,1-5H3,(H,37,45)(H,38,43)(H,39,44)/t30-/m0/s1. The number of hydrogen-bond donors (Lipinski definition) is 3. The van der Waals surface area contributed by atoms with Gasteiger partial charge in [0.1, 0.15) is 18.2 Å². The molecule has 0 bridgehead atoms. The van der Waals surface area contributed by atoms with Gasteiger partial charge in [-0.05, 0) is 67.1 Å². The van der Waals surface area contributed by atoms with Crippen molar-refractivity contribution in [2.45, 2.75) is 103 Å². The quantitative estimate of drug-likeness (QED) is 0.243. The van der Waals surface area contributed by atoms with Crippen molar-refractivity contribution in [3.8, 4) is 0 Å². The number of amides is 5. The summed E-state index contributed by atoms with van der Waals surface area (Å²) in [4.78, 5) is 56.5. The number of carbonyl (C=O) groups is 4. The Balaban J connectivity index is 1.30. The summed E-state index contributed by atoms with van der Waals surface area (Å²) in [6.07, 6.45) is 2.84. The van der Waals surface area contributed by atoms with Crippen LogP contribution in [0.25, 0.3) is 0 Å². The van der Waals surface area contributed by atoms with Gasteiger partial charge >= 0.3 is 12.1 Å². The predicted octanol–water partition coefficient (Wildman–Crippen LogP) is 6.13. The summed E-state index contributed by atoms with van der Waals surface area (Å²) in [7, 11) is 0. The second-order valence-electron chi connectivity index (χ2n) is 13.1. The lowest BCUT2D eigenvalue weighted by atomic mass is 9.81. The summed E-state index contributed by atoms with van der Waals surface area (Å²) in [5.41, 5.74) is 3.04. The molecule has 0 aromatic heterocycles. The fourth-order valence-corrected chi connectivity index (χ4v) is 6.52. The van der Waals surface area contributed by atoms with E-state index in [1.54, 1.807) is 9.80 Å². The summed E-state index contributed by atoms with van der Waals surface area (Å²) in [5, 5.41) is 8.96. The molecule has 2 fully saturated rings. The third kappa shape index (κ3) is 8.19. The number of piperidine rings is 1. The molecule has 0 radical (unpaired) electrons. The molecule has 2 heterocycles. The van der Waals surface area contributed by atoms with E-state index in [4.69, 9.17) is 4.74 Å². The van der Waals surface area contributed by atoms with E-state index >= 15 is 0 Å². The molecule has 2 aliphatic rings. The van der Waals surface area contributed by atoms with Gasteiger partial charge in [-0.15, -0.1) is 0 Å². The van der Waals surface area contributed by atoms with Crippen LogP contribution < -0.4 is 16.0 Å². The highest BCUT2D eigenvalue weighted by molar-refractivity contribution is 6.00. The Morgan fingerprint density at radius 3 is 2.22 bits per heavy atom. The van der Waals surface area contributed by atoms with Gasteiger partial charge in [-0.2, -0.15) is 0 Å². The van der Waals surface area contributed by atoms with E-state index in [-0.39, 0.29) is 36.3 Å². The lowest BCUT2D eigenvalue weighted by molar-refractivity contribution is -0.160. The molecule has 4 rings (SSSR count). The van der Waals surface area contributed by atoms with Crippen LogP contribution in [0.5, 0.6) is 0 Å². The second kappa shape index (κ2) is 16.0. The lowest BCUT2D eigenvalue weighted by Gasteiger charge is -2.51. The topological polar surface area (TPSA) is 120 Å². The Bertz CT molecular complexity index is 1330. The molecule has 2 saturated heterocycles. The molecule has 250 valence electrons. The van der Waals surface area contributed by atoms with Gasteiger partial charge in [0, 0.05) is 31.9 Å². The lowest BCUT2D eigenvalue weighted by Crippen LogP contribution is -2.73. The molecule has 2 aromatic carbocycles. The zero-order valence-electron chi connectivity index (χ0n) is 28.1. The zero-order valence-corrected chi connectivity index (χ0v) is 28.1. The average molecular weight is 634 g/mol. The number of piperazine rings is 1. The van der Waals surface area contributed by atoms with E-state index in [9.17, 15) is 19.2 Å². The summed E-state index contributed by atoms with van der Waals surface area (Å²) in [6, 6.07) is 14.9. The molecule has 0 unspecified atom stereocenters. The molecule has 0 saturated carbocycles.